The molecule has 1 aromatic rings. The molecule has 0 aromatic heterocycles. The van der Waals surface area contributed by atoms with Gasteiger partial charge in [0.2, 0.25) is 0 Å². The number of hydrogen-bond donors (Lipinski definition) is 2. The zero-order valence-electron chi connectivity index (χ0n) is 11.5. The fourth-order valence-electron chi connectivity index (χ4n) is 1.65. The van der Waals surface area contributed by atoms with Crippen LogP contribution in [0.25, 0.3) is 0 Å². The number of carboxylic acid groups (broad SMARTS) is 1. The van der Waals surface area contributed by atoms with Crippen LogP contribution in [-0.2, 0) is 11.3 Å². The topological polar surface area (TPSA) is 58.6 Å². The molecule has 4 nitrogen and oxygen atoms in total. The second-order valence-corrected chi connectivity index (χ2v) is 5.74. The average molecular weight is 263 g/mol. The summed E-state index contributed by atoms with van der Waals surface area (Å²) in [6, 6.07) is 8.42. The molecule has 1 saturated carbocycles. The van der Waals surface area contributed by atoms with E-state index in [4.69, 9.17) is 9.84 Å². The Morgan fingerprint density at radius 3 is 2.74 bits per heavy atom. The van der Waals surface area contributed by atoms with Crippen molar-refractivity contribution in [2.45, 2.75) is 39.3 Å². The molecule has 4 heteroatoms. The molecule has 1 fully saturated rings. The molecule has 0 atom stereocenters. The Morgan fingerprint density at radius 1 is 1.42 bits per heavy atom. The summed E-state index contributed by atoms with van der Waals surface area (Å²) in [6.07, 6.45) is 2.49. The largest absolute Gasteiger partial charge is 0.492 e. The molecule has 104 valence electrons. The van der Waals surface area contributed by atoms with Gasteiger partial charge in [0.15, 0.2) is 0 Å². The van der Waals surface area contributed by atoms with Gasteiger partial charge in [0.25, 0.3) is 0 Å². The van der Waals surface area contributed by atoms with Crippen LogP contribution in [0.5, 0.6) is 5.75 Å². The molecule has 1 aliphatic carbocycles. The van der Waals surface area contributed by atoms with E-state index in [1.165, 1.54) is 12.8 Å². The zero-order chi connectivity index (χ0) is 13.9. The number of aliphatic carboxylic acids is 1. The third kappa shape index (κ3) is 3.96. The highest BCUT2D eigenvalue weighted by atomic mass is 16.5. The molecule has 0 amide bonds. The molecule has 2 N–H and O–H groups in total. The van der Waals surface area contributed by atoms with Gasteiger partial charge in [-0.05, 0) is 32.8 Å². The molecule has 0 heterocycles. The van der Waals surface area contributed by atoms with Crippen molar-refractivity contribution in [1.82, 2.24) is 5.32 Å². The van der Waals surface area contributed by atoms with E-state index in [-0.39, 0.29) is 6.61 Å². The van der Waals surface area contributed by atoms with Crippen LogP contribution in [0.15, 0.2) is 24.3 Å². The molecule has 2 rings (SSSR count). The van der Waals surface area contributed by atoms with E-state index in [1.54, 1.807) is 13.8 Å². The van der Waals surface area contributed by atoms with Crippen LogP contribution in [0.2, 0.25) is 0 Å². The molecule has 19 heavy (non-hydrogen) atoms. The van der Waals surface area contributed by atoms with E-state index < -0.39 is 11.4 Å². The molecule has 0 unspecified atom stereocenters. The van der Waals surface area contributed by atoms with E-state index in [1.807, 2.05) is 24.3 Å². The van der Waals surface area contributed by atoms with Gasteiger partial charge in [-0.3, -0.25) is 4.79 Å². The predicted octanol–water partition coefficient (Wildman–Crippen LogP) is 2.43. The Morgan fingerprint density at radius 2 is 2.11 bits per heavy atom. The highest BCUT2D eigenvalue weighted by Crippen LogP contribution is 2.24. The van der Waals surface area contributed by atoms with Gasteiger partial charge >= 0.3 is 5.97 Å². The number of nitrogens with one attached hydrogen (secondary N) is 1. The maximum atomic E-state index is 11.1. The van der Waals surface area contributed by atoms with Crippen molar-refractivity contribution < 1.29 is 14.6 Å². The molecule has 0 bridgehead atoms. The number of hydrogen-bond acceptors (Lipinski definition) is 3. The Hall–Kier alpha value is -1.55. The van der Waals surface area contributed by atoms with E-state index in [9.17, 15) is 4.79 Å². The molecule has 1 aliphatic rings. The van der Waals surface area contributed by atoms with Gasteiger partial charge in [-0.1, -0.05) is 18.2 Å². The number of carboxylic acids is 1. The third-order valence-corrected chi connectivity index (χ3v) is 3.30. The molecule has 0 saturated heterocycles. The minimum Gasteiger partial charge on any atom is -0.492 e. The summed E-state index contributed by atoms with van der Waals surface area (Å²) < 4.78 is 5.70. The van der Waals surface area contributed by atoms with E-state index in [0.717, 1.165) is 17.9 Å². The van der Waals surface area contributed by atoms with Crippen LogP contribution >= 0.6 is 0 Å². The van der Waals surface area contributed by atoms with Crippen molar-refractivity contribution in [3.05, 3.63) is 29.8 Å². The van der Waals surface area contributed by atoms with Crippen LogP contribution in [-0.4, -0.2) is 23.7 Å². The lowest BCUT2D eigenvalue weighted by Crippen LogP contribution is -2.31. The van der Waals surface area contributed by atoms with Crippen LogP contribution in [0.1, 0.15) is 32.3 Å². The number of benzene rings is 1. The lowest BCUT2D eigenvalue weighted by molar-refractivity contribution is -0.148. The fourth-order valence-corrected chi connectivity index (χ4v) is 1.65. The summed E-state index contributed by atoms with van der Waals surface area (Å²) in [5.74, 6) is -0.0777. The fraction of sp³-hybridized carbons (Fsp3) is 0.533. The predicted molar refractivity (Wildman–Crippen MR) is 73.2 cm³/mol. The normalized spacial score (nSPS) is 15.3. The van der Waals surface area contributed by atoms with Gasteiger partial charge in [-0.25, -0.2) is 0 Å². The Kier molecular flexibility index (Phi) is 4.10. The van der Waals surface area contributed by atoms with E-state index in [2.05, 4.69) is 5.32 Å². The SMILES string of the molecule is CC(C)(COc1ccccc1CNC1CC1)C(=O)O. The summed E-state index contributed by atoms with van der Waals surface area (Å²) in [5.41, 5.74) is 0.201. The van der Waals surface area contributed by atoms with Crippen molar-refractivity contribution in [3.8, 4) is 5.75 Å². The van der Waals surface area contributed by atoms with Crippen molar-refractivity contribution in [2.24, 2.45) is 5.41 Å². The number of para-hydroxylation sites is 1. The minimum absolute atomic E-state index is 0.169. The number of rotatable bonds is 7. The van der Waals surface area contributed by atoms with Crippen molar-refractivity contribution in [3.63, 3.8) is 0 Å². The first kappa shape index (κ1) is 13.9. The number of carbonyl (C=O) groups is 1. The second kappa shape index (κ2) is 5.61. The highest BCUT2D eigenvalue weighted by Gasteiger charge is 2.28. The lowest BCUT2D eigenvalue weighted by Gasteiger charge is -2.21. The van der Waals surface area contributed by atoms with Crippen molar-refractivity contribution in [2.75, 3.05) is 6.61 Å². The van der Waals surface area contributed by atoms with Crippen molar-refractivity contribution >= 4 is 5.97 Å². The van der Waals surface area contributed by atoms with E-state index in [0.29, 0.717) is 6.04 Å². The smallest absolute Gasteiger partial charge is 0.312 e. The average Bonchev–Trinajstić information content (AvgIpc) is 3.18. The molecular weight excluding hydrogens is 242 g/mol. The first-order valence-corrected chi connectivity index (χ1v) is 6.66. The first-order chi connectivity index (χ1) is 8.99. The quantitative estimate of drug-likeness (QED) is 0.793. The van der Waals surface area contributed by atoms with Crippen LogP contribution in [0.4, 0.5) is 0 Å². The minimum atomic E-state index is -0.878. The van der Waals surface area contributed by atoms with Gasteiger partial charge < -0.3 is 15.2 Å². The first-order valence-electron chi connectivity index (χ1n) is 6.66. The summed E-state index contributed by atoms with van der Waals surface area (Å²) in [7, 11) is 0. The van der Waals surface area contributed by atoms with Gasteiger partial charge in [0.05, 0.1) is 5.41 Å². The summed E-state index contributed by atoms with van der Waals surface area (Å²) >= 11 is 0. The maximum Gasteiger partial charge on any atom is 0.312 e. The molecule has 0 aliphatic heterocycles. The highest BCUT2D eigenvalue weighted by molar-refractivity contribution is 5.73. The molecular formula is C15H21NO3. The number of ether oxygens (including phenoxy) is 1. The van der Waals surface area contributed by atoms with Gasteiger partial charge in [-0.15, -0.1) is 0 Å². The van der Waals surface area contributed by atoms with Gasteiger partial charge in [-0.2, -0.15) is 0 Å². The molecule has 0 radical (unpaired) electrons. The molecule has 0 spiro atoms. The zero-order valence-corrected chi connectivity index (χ0v) is 11.5. The lowest BCUT2D eigenvalue weighted by atomic mass is 9.95. The van der Waals surface area contributed by atoms with E-state index >= 15 is 0 Å². The Bertz CT molecular complexity index is 452. The van der Waals surface area contributed by atoms with Crippen LogP contribution < -0.4 is 10.1 Å². The summed E-state index contributed by atoms with van der Waals surface area (Å²) in [5, 5.41) is 12.5. The second-order valence-electron chi connectivity index (χ2n) is 5.74. The summed E-state index contributed by atoms with van der Waals surface area (Å²) in [6.45, 7) is 4.28. The maximum absolute atomic E-state index is 11.1. The van der Waals surface area contributed by atoms with Crippen LogP contribution in [0.3, 0.4) is 0 Å². The Labute approximate surface area is 113 Å². The van der Waals surface area contributed by atoms with Gasteiger partial charge in [0.1, 0.15) is 12.4 Å². The summed E-state index contributed by atoms with van der Waals surface area (Å²) in [4.78, 5) is 11.1. The van der Waals surface area contributed by atoms with Crippen LogP contribution in [0, 0.1) is 5.41 Å². The standard InChI is InChI=1S/C15H21NO3/c1-15(2,14(17)18)10-19-13-6-4-3-5-11(13)9-16-12-7-8-12/h3-6,12,16H,7-10H2,1-2H3,(H,17,18). The van der Waals surface area contributed by atoms with Gasteiger partial charge in [0, 0.05) is 18.2 Å². The molecule has 1 aromatic carbocycles. The Balaban J connectivity index is 1.96. The third-order valence-electron chi connectivity index (χ3n) is 3.30. The monoisotopic (exact) mass is 263 g/mol. The van der Waals surface area contributed by atoms with Crippen molar-refractivity contribution in [1.29, 1.82) is 0 Å².